The quantitative estimate of drug-likeness (QED) is 0.156. The molecule has 0 unspecified atom stereocenters. The Morgan fingerprint density at radius 1 is 0.760 bits per heavy atom. The van der Waals surface area contributed by atoms with Gasteiger partial charge in [0.1, 0.15) is 17.5 Å². The molecule has 1 aliphatic heterocycles. The molecule has 4 aromatic heterocycles. The van der Waals surface area contributed by atoms with Gasteiger partial charge in [0.05, 0.1) is 5.69 Å². The van der Waals surface area contributed by atoms with Crippen LogP contribution < -0.4 is 14.5 Å². The number of para-hydroxylation sites is 1. The monoisotopic (exact) mass is 836 g/mol. The molecule has 3 aromatic carbocycles. The predicted molar refractivity (Wildman–Crippen MR) is 197 cm³/mol. The van der Waals surface area contributed by atoms with E-state index in [4.69, 9.17) is 19.7 Å². The van der Waals surface area contributed by atoms with Gasteiger partial charge in [0.2, 0.25) is 0 Å². The van der Waals surface area contributed by atoms with Crippen molar-refractivity contribution in [2.75, 3.05) is 9.80 Å². The van der Waals surface area contributed by atoms with Gasteiger partial charge in [-0.2, -0.15) is 12.1 Å². The summed E-state index contributed by atoms with van der Waals surface area (Å²) in [5.74, 6) is 4.09. The molecule has 0 spiro atoms. The Bertz CT molecular complexity index is 2360. The van der Waals surface area contributed by atoms with Crippen LogP contribution in [0.4, 0.5) is 23.0 Å². The van der Waals surface area contributed by atoms with Crippen LogP contribution in [0.25, 0.3) is 27.6 Å². The number of anilines is 4. The van der Waals surface area contributed by atoms with Gasteiger partial charge in [-0.1, -0.05) is 64.4 Å². The van der Waals surface area contributed by atoms with Crippen molar-refractivity contribution in [3.8, 4) is 17.3 Å². The zero-order valence-electron chi connectivity index (χ0n) is 28.9. The van der Waals surface area contributed by atoms with Crippen LogP contribution in [0.15, 0.2) is 104 Å². The Kier molecular flexibility index (Phi) is 8.73. The second-order valence-electron chi connectivity index (χ2n) is 13.9. The molecule has 7 aromatic rings. The summed E-state index contributed by atoms with van der Waals surface area (Å²) in [6, 6.07) is 35.9. The van der Waals surface area contributed by atoms with E-state index < -0.39 is 0 Å². The van der Waals surface area contributed by atoms with E-state index in [9.17, 15) is 0 Å². The van der Waals surface area contributed by atoms with Crippen molar-refractivity contribution in [1.82, 2.24) is 19.5 Å². The van der Waals surface area contributed by atoms with Gasteiger partial charge in [-0.05, 0) is 70.7 Å². The van der Waals surface area contributed by atoms with E-state index in [2.05, 4.69) is 118 Å². The fourth-order valence-corrected chi connectivity index (χ4v) is 6.43. The van der Waals surface area contributed by atoms with Crippen LogP contribution in [0.2, 0.25) is 0 Å². The van der Waals surface area contributed by atoms with Gasteiger partial charge >= 0.3 is 0 Å². The van der Waals surface area contributed by atoms with Crippen LogP contribution in [0, 0.1) is 25.7 Å². The van der Waals surface area contributed by atoms with E-state index in [0.29, 0.717) is 17.4 Å². The molecule has 50 heavy (non-hydrogen) atoms. The first-order valence-electron chi connectivity index (χ1n) is 16.6. The van der Waals surface area contributed by atoms with Crippen molar-refractivity contribution < 1.29 is 25.8 Å². The molecule has 0 saturated heterocycles. The molecular weight excluding hydrogens is 800 g/mol. The van der Waals surface area contributed by atoms with Gasteiger partial charge in [0, 0.05) is 56.7 Å². The zero-order valence-corrected chi connectivity index (χ0v) is 31.1. The van der Waals surface area contributed by atoms with Crippen molar-refractivity contribution in [3.05, 3.63) is 139 Å². The Morgan fingerprint density at radius 2 is 1.58 bits per heavy atom. The van der Waals surface area contributed by atoms with Gasteiger partial charge < -0.3 is 19.1 Å². The normalized spacial score (nSPS) is 12.9. The molecule has 0 saturated carbocycles. The molecule has 1 aliphatic rings. The van der Waals surface area contributed by atoms with Crippen LogP contribution in [0.3, 0.4) is 0 Å². The molecule has 7 nitrogen and oxygen atoms in total. The summed E-state index contributed by atoms with van der Waals surface area (Å²) in [6.45, 7) is 15.1. The number of rotatable bonds is 6. The summed E-state index contributed by atoms with van der Waals surface area (Å²) < 4.78 is 8.65. The van der Waals surface area contributed by atoms with Crippen molar-refractivity contribution >= 4 is 44.8 Å². The number of nitrogens with zero attached hydrogens (tertiary/aromatic N) is 6. The van der Waals surface area contributed by atoms with E-state index in [1.165, 1.54) is 11.1 Å². The minimum absolute atomic E-state index is 0. The first-order valence-corrected chi connectivity index (χ1v) is 16.6. The standard InChI is InChI=1S/C42H37N6O.Pt/c1-27(2)29-21-28(3)40(45-25-29)47-26-46(37-15-10-19-44-41(37)47)31-11-9-12-32(23-31)49-33-16-17-35-34-13-7-8-14-36(34)48(38(35)24-33)39-22-30(18-20-43-39)42(4,5)6;/h7-22,25-27H,1-6H3;/q-3;. The van der Waals surface area contributed by atoms with Gasteiger partial charge in [-0.15, -0.1) is 48.1 Å². The van der Waals surface area contributed by atoms with Gasteiger partial charge in [0.25, 0.3) is 0 Å². The van der Waals surface area contributed by atoms with Gasteiger partial charge in [-0.3, -0.25) is 0 Å². The Hall–Kier alpha value is -5.00. The third-order valence-corrected chi connectivity index (χ3v) is 9.08. The topological polar surface area (TPSA) is 59.3 Å². The molecule has 8 heteroatoms. The molecule has 0 N–H and O–H groups in total. The second kappa shape index (κ2) is 13.0. The maximum atomic E-state index is 6.48. The fourth-order valence-electron chi connectivity index (χ4n) is 6.43. The second-order valence-corrected chi connectivity index (χ2v) is 13.9. The van der Waals surface area contributed by atoms with E-state index >= 15 is 0 Å². The molecule has 0 bridgehead atoms. The Morgan fingerprint density at radius 3 is 2.38 bits per heavy atom. The summed E-state index contributed by atoms with van der Waals surface area (Å²) in [6.07, 6.45) is 5.65. The number of ether oxygens (including phenoxy) is 1. The van der Waals surface area contributed by atoms with Crippen molar-refractivity contribution in [1.29, 1.82) is 0 Å². The predicted octanol–water partition coefficient (Wildman–Crippen LogP) is 10.5. The molecule has 254 valence electrons. The van der Waals surface area contributed by atoms with Gasteiger partial charge in [-0.25, -0.2) is 15.0 Å². The van der Waals surface area contributed by atoms with Crippen molar-refractivity contribution in [2.24, 2.45) is 0 Å². The summed E-state index contributed by atoms with van der Waals surface area (Å²) in [7, 11) is 0. The molecule has 0 fully saturated rings. The molecule has 0 radical (unpaired) electrons. The molecule has 0 amide bonds. The molecule has 8 rings (SSSR count). The van der Waals surface area contributed by atoms with E-state index in [1.807, 2.05) is 60.5 Å². The minimum atomic E-state index is -0.0105. The number of benzene rings is 3. The number of pyridine rings is 3. The smallest absolute Gasteiger partial charge is 0.135 e. The summed E-state index contributed by atoms with van der Waals surface area (Å²) in [5.41, 5.74) is 7.24. The molecule has 5 heterocycles. The maximum absolute atomic E-state index is 6.48. The SMILES string of the molecule is Cc1cc(C(C)C)cnc1N1[CH-]N(c2[c-]c(Oc3[c-]c4c(cc3)c3ccccc3n4-c3cc(C(C)(C)C)ccn3)ccc2)c2cccnc21.[Pt]. The first-order chi connectivity index (χ1) is 23.7. The van der Waals surface area contributed by atoms with Crippen LogP contribution in [0.5, 0.6) is 11.5 Å². The number of hydrogen-bond donors (Lipinski definition) is 0. The van der Waals surface area contributed by atoms with Gasteiger partial charge in [0.15, 0.2) is 0 Å². The number of fused-ring (bicyclic) bond motifs is 4. The van der Waals surface area contributed by atoms with Crippen molar-refractivity contribution in [2.45, 2.75) is 52.9 Å². The Labute approximate surface area is 307 Å². The third-order valence-electron chi connectivity index (χ3n) is 9.08. The maximum Gasteiger partial charge on any atom is 0.135 e. The summed E-state index contributed by atoms with van der Waals surface area (Å²) in [5, 5.41) is 2.23. The third kappa shape index (κ3) is 5.94. The first kappa shape index (κ1) is 33.5. The minimum Gasteiger partial charge on any atom is -0.509 e. The number of hydrogen-bond acceptors (Lipinski definition) is 6. The molecule has 0 atom stereocenters. The van der Waals surface area contributed by atoms with E-state index in [0.717, 1.165) is 56.2 Å². The van der Waals surface area contributed by atoms with E-state index in [1.54, 1.807) is 0 Å². The number of aryl methyl sites for hydroxylation is 1. The average molecular weight is 837 g/mol. The van der Waals surface area contributed by atoms with Crippen LogP contribution >= 0.6 is 0 Å². The van der Waals surface area contributed by atoms with E-state index in [-0.39, 0.29) is 26.5 Å². The Balaban J connectivity index is 0.00000392. The summed E-state index contributed by atoms with van der Waals surface area (Å²) >= 11 is 0. The largest absolute Gasteiger partial charge is 0.509 e. The van der Waals surface area contributed by atoms with Crippen LogP contribution in [-0.2, 0) is 26.5 Å². The average Bonchev–Trinajstić information content (AvgIpc) is 3.64. The molecular formula is C42H37N6OPt-3. The zero-order chi connectivity index (χ0) is 33.9. The fraction of sp³-hybridized carbons (Fsp3) is 0.190. The summed E-state index contributed by atoms with van der Waals surface area (Å²) in [4.78, 5) is 18.5. The van der Waals surface area contributed by atoms with Crippen LogP contribution in [0.1, 0.15) is 57.2 Å². The van der Waals surface area contributed by atoms with Crippen molar-refractivity contribution in [3.63, 3.8) is 0 Å². The van der Waals surface area contributed by atoms with Crippen LogP contribution in [-0.4, -0.2) is 19.5 Å². The number of aromatic nitrogens is 4. The molecule has 0 aliphatic carbocycles.